The first-order chi connectivity index (χ1) is 8.46. The van der Waals surface area contributed by atoms with E-state index in [1.54, 1.807) is 0 Å². The van der Waals surface area contributed by atoms with Crippen LogP contribution in [0, 0.1) is 28.1 Å². The monoisotopic (exact) mass is 265 g/mol. The Balaban J connectivity index is 2.07. The molecule has 1 aliphatic heterocycles. The zero-order chi connectivity index (χ0) is 14.6. The molecule has 2 fully saturated rings. The maximum Gasteiger partial charge on any atom is 0.230 e. The largest absolute Gasteiger partial charge is 0.296 e. The Bertz CT molecular complexity index is 419. The molecule has 1 aliphatic carbocycles. The summed E-state index contributed by atoms with van der Waals surface area (Å²) >= 11 is 0. The summed E-state index contributed by atoms with van der Waals surface area (Å²) in [5, 5.41) is 2.44. The van der Waals surface area contributed by atoms with E-state index >= 15 is 0 Å². The zero-order valence-corrected chi connectivity index (χ0v) is 13.1. The van der Waals surface area contributed by atoms with Crippen LogP contribution in [0.1, 0.15) is 60.8 Å². The Labute approximate surface area is 116 Å². The van der Waals surface area contributed by atoms with Gasteiger partial charge in [-0.25, -0.2) is 0 Å². The highest BCUT2D eigenvalue weighted by Gasteiger charge is 2.58. The maximum absolute atomic E-state index is 11.9. The minimum atomic E-state index is -0.155. The van der Waals surface area contributed by atoms with Crippen molar-refractivity contribution in [2.24, 2.45) is 28.1 Å². The first kappa shape index (κ1) is 14.5. The van der Waals surface area contributed by atoms with Gasteiger partial charge in [-0.3, -0.25) is 14.9 Å². The molecule has 3 unspecified atom stereocenters. The fourth-order valence-electron chi connectivity index (χ4n) is 4.30. The molecule has 19 heavy (non-hydrogen) atoms. The van der Waals surface area contributed by atoms with E-state index in [4.69, 9.17) is 0 Å². The van der Waals surface area contributed by atoms with Gasteiger partial charge in [-0.15, -0.1) is 0 Å². The molecule has 0 spiro atoms. The summed E-state index contributed by atoms with van der Waals surface area (Å²) in [4.78, 5) is 23.3. The lowest BCUT2D eigenvalue weighted by Gasteiger charge is -2.34. The van der Waals surface area contributed by atoms with Crippen molar-refractivity contribution in [3.8, 4) is 0 Å². The van der Waals surface area contributed by atoms with Crippen molar-refractivity contribution < 1.29 is 9.59 Å². The van der Waals surface area contributed by atoms with Gasteiger partial charge in [0, 0.05) is 6.42 Å². The molecule has 1 saturated carbocycles. The molecule has 0 aromatic heterocycles. The van der Waals surface area contributed by atoms with Gasteiger partial charge in [0.2, 0.25) is 11.8 Å². The highest BCUT2D eigenvalue weighted by molar-refractivity contribution is 6.03. The number of amides is 2. The summed E-state index contributed by atoms with van der Waals surface area (Å²) in [5.41, 5.74) is 0.553. The van der Waals surface area contributed by atoms with Crippen LogP contribution >= 0.6 is 0 Å². The minimum Gasteiger partial charge on any atom is -0.296 e. The molecule has 2 rings (SSSR count). The Kier molecular flexibility index (Phi) is 3.11. The van der Waals surface area contributed by atoms with E-state index in [-0.39, 0.29) is 23.1 Å². The fourth-order valence-corrected chi connectivity index (χ4v) is 4.30. The van der Waals surface area contributed by atoms with Gasteiger partial charge in [-0.1, -0.05) is 41.5 Å². The van der Waals surface area contributed by atoms with Gasteiger partial charge in [0.15, 0.2) is 0 Å². The van der Waals surface area contributed by atoms with Gasteiger partial charge in [-0.05, 0) is 35.0 Å². The van der Waals surface area contributed by atoms with Crippen LogP contribution in [0.4, 0.5) is 0 Å². The fraction of sp³-hybridized carbons (Fsp3) is 0.875. The number of carbonyl (C=O) groups is 2. The van der Waals surface area contributed by atoms with Crippen molar-refractivity contribution in [3.63, 3.8) is 0 Å². The molecule has 2 amide bonds. The second kappa shape index (κ2) is 4.07. The summed E-state index contributed by atoms with van der Waals surface area (Å²) in [7, 11) is 0. The Morgan fingerprint density at radius 3 is 2.16 bits per heavy atom. The highest BCUT2D eigenvalue weighted by Crippen LogP contribution is 2.65. The average Bonchev–Trinajstić information content (AvgIpc) is 2.72. The second-order valence-electron chi connectivity index (χ2n) is 8.61. The van der Waals surface area contributed by atoms with Gasteiger partial charge >= 0.3 is 0 Å². The number of hydrogen-bond acceptors (Lipinski definition) is 2. The van der Waals surface area contributed by atoms with Gasteiger partial charge in [-0.2, -0.15) is 0 Å². The van der Waals surface area contributed by atoms with Crippen LogP contribution in [0.3, 0.4) is 0 Å². The highest BCUT2D eigenvalue weighted by atomic mass is 16.2. The number of carbonyl (C=O) groups excluding carboxylic acids is 2. The standard InChI is InChI=1S/C16H27NO2/c1-14(2,3)11-8-16(11,6)9-15(4,5)10-7-12(18)17-13(10)19/h10-11H,7-9H2,1-6H3,(H,17,18,19). The topological polar surface area (TPSA) is 46.2 Å². The summed E-state index contributed by atoms with van der Waals surface area (Å²) in [6, 6.07) is 0. The predicted octanol–water partition coefficient (Wildman–Crippen LogP) is 3.14. The molecule has 3 atom stereocenters. The molecule has 3 nitrogen and oxygen atoms in total. The lowest BCUT2D eigenvalue weighted by Crippen LogP contribution is -2.33. The molecule has 0 bridgehead atoms. The molecule has 1 N–H and O–H groups in total. The quantitative estimate of drug-likeness (QED) is 0.797. The van der Waals surface area contributed by atoms with E-state index in [1.165, 1.54) is 6.42 Å². The Morgan fingerprint density at radius 1 is 1.21 bits per heavy atom. The van der Waals surface area contributed by atoms with E-state index in [9.17, 15) is 9.59 Å². The maximum atomic E-state index is 11.9. The molecule has 0 aromatic carbocycles. The number of nitrogens with one attached hydrogen (secondary N) is 1. The van der Waals surface area contributed by atoms with Crippen LogP contribution in [0.15, 0.2) is 0 Å². The first-order valence-electron chi connectivity index (χ1n) is 7.29. The molecule has 1 heterocycles. The van der Waals surface area contributed by atoms with Crippen LogP contribution in [-0.4, -0.2) is 11.8 Å². The normalized spacial score (nSPS) is 35.5. The van der Waals surface area contributed by atoms with Crippen LogP contribution in [0.2, 0.25) is 0 Å². The smallest absolute Gasteiger partial charge is 0.230 e. The number of imide groups is 1. The van der Waals surface area contributed by atoms with Crippen LogP contribution in [-0.2, 0) is 9.59 Å². The summed E-state index contributed by atoms with van der Waals surface area (Å²) < 4.78 is 0. The van der Waals surface area contributed by atoms with Crippen LogP contribution in [0.25, 0.3) is 0 Å². The van der Waals surface area contributed by atoms with Gasteiger partial charge in [0.25, 0.3) is 0 Å². The van der Waals surface area contributed by atoms with Gasteiger partial charge < -0.3 is 0 Å². The SMILES string of the molecule is CC(C)(C)C1CC1(C)CC(C)(C)C1CC(=O)NC1=O. The van der Waals surface area contributed by atoms with Crippen molar-refractivity contribution >= 4 is 11.8 Å². The molecule has 3 heteroatoms. The number of rotatable bonds is 3. The van der Waals surface area contributed by atoms with Crippen LogP contribution in [0.5, 0.6) is 0 Å². The third-order valence-corrected chi connectivity index (χ3v) is 5.17. The van der Waals surface area contributed by atoms with Crippen LogP contribution < -0.4 is 5.32 Å². The molecule has 0 aromatic rings. The summed E-state index contributed by atoms with van der Waals surface area (Å²) in [5.74, 6) is 0.375. The summed E-state index contributed by atoms with van der Waals surface area (Å²) in [6.45, 7) is 13.5. The molecular weight excluding hydrogens is 238 g/mol. The van der Waals surface area contributed by atoms with Crippen molar-refractivity contribution in [1.29, 1.82) is 0 Å². The van der Waals surface area contributed by atoms with Crippen molar-refractivity contribution in [3.05, 3.63) is 0 Å². The summed E-state index contributed by atoms with van der Waals surface area (Å²) in [6.07, 6.45) is 2.62. The third-order valence-electron chi connectivity index (χ3n) is 5.17. The molecular formula is C16H27NO2. The Morgan fingerprint density at radius 2 is 1.79 bits per heavy atom. The van der Waals surface area contributed by atoms with Crippen molar-refractivity contribution in [2.45, 2.75) is 60.8 Å². The van der Waals surface area contributed by atoms with E-state index in [1.807, 2.05) is 0 Å². The van der Waals surface area contributed by atoms with Gasteiger partial charge in [0.05, 0.1) is 5.92 Å². The first-order valence-corrected chi connectivity index (χ1v) is 7.29. The van der Waals surface area contributed by atoms with E-state index in [2.05, 4.69) is 46.9 Å². The lowest BCUT2D eigenvalue weighted by atomic mass is 9.69. The van der Waals surface area contributed by atoms with Crippen molar-refractivity contribution in [2.75, 3.05) is 0 Å². The third kappa shape index (κ3) is 2.70. The van der Waals surface area contributed by atoms with E-state index < -0.39 is 0 Å². The molecule has 0 radical (unpaired) electrons. The second-order valence-corrected chi connectivity index (χ2v) is 8.61. The average molecular weight is 265 g/mol. The van der Waals surface area contributed by atoms with E-state index in [0.29, 0.717) is 17.3 Å². The van der Waals surface area contributed by atoms with Gasteiger partial charge in [0.1, 0.15) is 0 Å². The molecule has 1 saturated heterocycles. The van der Waals surface area contributed by atoms with Crippen molar-refractivity contribution in [1.82, 2.24) is 5.32 Å². The zero-order valence-electron chi connectivity index (χ0n) is 13.1. The Hall–Kier alpha value is -0.860. The lowest BCUT2D eigenvalue weighted by molar-refractivity contribution is -0.127. The minimum absolute atomic E-state index is 0.0773. The predicted molar refractivity (Wildman–Crippen MR) is 75.3 cm³/mol. The molecule has 108 valence electrons. The van der Waals surface area contributed by atoms with E-state index in [0.717, 1.165) is 12.3 Å². The molecule has 2 aliphatic rings. The number of hydrogen-bond donors (Lipinski definition) is 1.